The van der Waals surface area contributed by atoms with Gasteiger partial charge in [-0.15, -0.1) is 0 Å². The third-order valence-electron chi connectivity index (χ3n) is 5.14. The van der Waals surface area contributed by atoms with Crippen molar-refractivity contribution >= 4 is 27.8 Å². The number of likely N-dealkylation sites (N-methyl/N-ethyl adjacent to an activating group) is 1. The fraction of sp³-hybridized carbons (Fsp3) is 0.444. The Morgan fingerprint density at radius 1 is 1.12 bits per heavy atom. The van der Waals surface area contributed by atoms with Crippen molar-refractivity contribution in [2.45, 2.75) is 6.92 Å². The summed E-state index contributed by atoms with van der Waals surface area (Å²) in [6.45, 7) is 7.73. The van der Waals surface area contributed by atoms with Crippen molar-refractivity contribution in [1.82, 2.24) is 15.0 Å². The van der Waals surface area contributed by atoms with Crippen LogP contribution < -0.4 is 19.3 Å². The number of nitrogens with one attached hydrogen (secondary N) is 2. The molecule has 0 radical (unpaired) electrons. The van der Waals surface area contributed by atoms with Crippen LogP contribution in [0.2, 0.25) is 0 Å². The highest BCUT2D eigenvalue weighted by Crippen LogP contribution is 2.36. The SMILES string of the molecule is CC[NH+]1CCN(c2ncnc3c2[nH]c2cc(OC)c(OC)cc23)CC1. The molecule has 3 heterocycles. The van der Waals surface area contributed by atoms with Crippen LogP contribution in [-0.2, 0) is 0 Å². The molecular weight excluding hydrogens is 318 g/mol. The second kappa shape index (κ2) is 6.40. The highest BCUT2D eigenvalue weighted by molar-refractivity contribution is 6.09. The Kier molecular flexibility index (Phi) is 4.09. The van der Waals surface area contributed by atoms with Crippen LogP contribution in [0.25, 0.3) is 21.9 Å². The summed E-state index contributed by atoms with van der Waals surface area (Å²) in [5.74, 6) is 2.39. The summed E-state index contributed by atoms with van der Waals surface area (Å²) in [6, 6.07) is 3.93. The normalized spacial score (nSPS) is 15.9. The Bertz CT molecular complexity index is 899. The summed E-state index contributed by atoms with van der Waals surface area (Å²) in [4.78, 5) is 16.6. The number of benzene rings is 1. The van der Waals surface area contributed by atoms with Crippen molar-refractivity contribution < 1.29 is 14.4 Å². The third kappa shape index (κ3) is 2.64. The summed E-state index contributed by atoms with van der Waals surface area (Å²) >= 11 is 0. The maximum absolute atomic E-state index is 5.44. The molecule has 1 saturated heterocycles. The van der Waals surface area contributed by atoms with E-state index in [1.54, 1.807) is 25.4 Å². The number of anilines is 1. The zero-order valence-electron chi connectivity index (χ0n) is 14.9. The van der Waals surface area contributed by atoms with Gasteiger partial charge in [-0.3, -0.25) is 0 Å². The molecule has 0 aliphatic carbocycles. The van der Waals surface area contributed by atoms with Crippen LogP contribution in [0.15, 0.2) is 18.5 Å². The van der Waals surface area contributed by atoms with Crippen LogP contribution in [0.3, 0.4) is 0 Å². The average Bonchev–Trinajstić information content (AvgIpc) is 3.04. The first kappa shape index (κ1) is 16.0. The molecule has 4 rings (SSSR count). The molecule has 7 heteroatoms. The summed E-state index contributed by atoms with van der Waals surface area (Å²) in [5.41, 5.74) is 2.88. The van der Waals surface area contributed by atoms with Crippen LogP contribution in [0.5, 0.6) is 11.5 Å². The Labute approximate surface area is 146 Å². The molecule has 2 N–H and O–H groups in total. The lowest BCUT2D eigenvalue weighted by atomic mass is 10.2. The van der Waals surface area contributed by atoms with Gasteiger partial charge < -0.3 is 24.3 Å². The molecule has 0 amide bonds. The largest absolute Gasteiger partial charge is 0.493 e. The van der Waals surface area contributed by atoms with E-state index in [0.717, 1.165) is 53.9 Å². The minimum Gasteiger partial charge on any atom is -0.493 e. The maximum Gasteiger partial charge on any atom is 0.162 e. The Morgan fingerprint density at radius 3 is 2.52 bits per heavy atom. The highest BCUT2D eigenvalue weighted by atomic mass is 16.5. The summed E-state index contributed by atoms with van der Waals surface area (Å²) in [5, 5.41) is 1.02. The summed E-state index contributed by atoms with van der Waals surface area (Å²) in [6.07, 6.45) is 1.65. The lowest BCUT2D eigenvalue weighted by molar-refractivity contribution is -0.898. The van der Waals surface area contributed by atoms with Gasteiger partial charge in [0.25, 0.3) is 0 Å². The van der Waals surface area contributed by atoms with E-state index in [-0.39, 0.29) is 0 Å². The number of quaternary nitrogens is 1. The van der Waals surface area contributed by atoms with E-state index in [2.05, 4.69) is 26.8 Å². The molecule has 1 aromatic carbocycles. The van der Waals surface area contributed by atoms with Gasteiger partial charge in [0.2, 0.25) is 0 Å². The van der Waals surface area contributed by atoms with Crippen LogP contribution in [0, 0.1) is 0 Å². The predicted octanol–water partition coefficient (Wildman–Crippen LogP) is 0.853. The number of fused-ring (bicyclic) bond motifs is 3. The van der Waals surface area contributed by atoms with E-state index >= 15 is 0 Å². The van der Waals surface area contributed by atoms with E-state index in [1.165, 1.54) is 6.54 Å². The fourth-order valence-electron chi connectivity index (χ4n) is 3.64. The molecule has 1 aliphatic heterocycles. The van der Waals surface area contributed by atoms with Crippen molar-refractivity contribution in [2.24, 2.45) is 0 Å². The number of rotatable bonds is 4. The molecule has 0 saturated carbocycles. The Balaban J connectivity index is 1.81. The number of nitrogens with zero attached hydrogens (tertiary/aromatic N) is 3. The van der Waals surface area contributed by atoms with Gasteiger partial charge in [-0.2, -0.15) is 0 Å². The van der Waals surface area contributed by atoms with Crippen LogP contribution >= 0.6 is 0 Å². The number of hydrogen-bond acceptors (Lipinski definition) is 5. The number of H-pyrrole nitrogens is 1. The summed E-state index contributed by atoms with van der Waals surface area (Å²) < 4.78 is 10.9. The first-order valence-corrected chi connectivity index (χ1v) is 8.72. The van der Waals surface area contributed by atoms with Crippen LogP contribution in [0.4, 0.5) is 5.82 Å². The number of methoxy groups -OCH3 is 2. The number of piperazine rings is 1. The van der Waals surface area contributed by atoms with Gasteiger partial charge in [-0.1, -0.05) is 0 Å². The van der Waals surface area contributed by atoms with Gasteiger partial charge in [0.1, 0.15) is 17.4 Å². The lowest BCUT2D eigenvalue weighted by Gasteiger charge is -2.32. The first-order valence-electron chi connectivity index (χ1n) is 8.72. The number of aromatic amines is 1. The van der Waals surface area contributed by atoms with Gasteiger partial charge in [-0.25, -0.2) is 9.97 Å². The maximum atomic E-state index is 5.44. The van der Waals surface area contributed by atoms with Crippen molar-refractivity contribution in [2.75, 3.05) is 51.8 Å². The minimum absolute atomic E-state index is 0.705. The van der Waals surface area contributed by atoms with Crippen molar-refractivity contribution in [3.05, 3.63) is 18.5 Å². The van der Waals surface area contributed by atoms with Gasteiger partial charge in [0.05, 0.1) is 52.5 Å². The van der Waals surface area contributed by atoms with Gasteiger partial charge in [0.15, 0.2) is 17.3 Å². The zero-order valence-corrected chi connectivity index (χ0v) is 14.9. The molecule has 1 aliphatic rings. The summed E-state index contributed by atoms with van der Waals surface area (Å²) in [7, 11) is 3.29. The van der Waals surface area contributed by atoms with E-state index in [1.807, 2.05) is 12.1 Å². The molecular formula is C18H24N5O2+. The Hall–Kier alpha value is -2.54. The van der Waals surface area contributed by atoms with E-state index in [9.17, 15) is 0 Å². The number of ether oxygens (including phenoxy) is 2. The van der Waals surface area contributed by atoms with Gasteiger partial charge in [-0.05, 0) is 13.0 Å². The molecule has 132 valence electrons. The lowest BCUT2D eigenvalue weighted by Crippen LogP contribution is -3.14. The molecule has 0 spiro atoms. The molecule has 2 aromatic heterocycles. The number of hydrogen-bond donors (Lipinski definition) is 2. The molecule has 0 bridgehead atoms. The topological polar surface area (TPSA) is 67.7 Å². The molecule has 25 heavy (non-hydrogen) atoms. The first-order chi connectivity index (χ1) is 12.2. The predicted molar refractivity (Wildman–Crippen MR) is 97.9 cm³/mol. The molecule has 7 nitrogen and oxygen atoms in total. The van der Waals surface area contributed by atoms with Crippen molar-refractivity contribution in [3.8, 4) is 11.5 Å². The van der Waals surface area contributed by atoms with Gasteiger partial charge >= 0.3 is 0 Å². The van der Waals surface area contributed by atoms with E-state index in [4.69, 9.17) is 9.47 Å². The average molecular weight is 342 g/mol. The standard InChI is InChI=1S/C18H23N5O2/c1-4-22-5-7-23(8-6-22)18-17-16(19-11-20-18)12-9-14(24-2)15(25-3)10-13(12)21-17/h9-11,21H,4-8H2,1-3H3/p+1. The third-order valence-corrected chi connectivity index (χ3v) is 5.14. The smallest absolute Gasteiger partial charge is 0.162 e. The molecule has 1 fully saturated rings. The molecule has 0 atom stereocenters. The van der Waals surface area contributed by atoms with E-state index < -0.39 is 0 Å². The zero-order chi connectivity index (χ0) is 17.4. The van der Waals surface area contributed by atoms with Gasteiger partial charge in [0, 0.05) is 11.5 Å². The number of aromatic nitrogens is 3. The molecule has 0 unspecified atom stereocenters. The van der Waals surface area contributed by atoms with Crippen LogP contribution in [0.1, 0.15) is 6.92 Å². The van der Waals surface area contributed by atoms with Crippen molar-refractivity contribution in [3.63, 3.8) is 0 Å². The monoisotopic (exact) mass is 342 g/mol. The van der Waals surface area contributed by atoms with Crippen molar-refractivity contribution in [1.29, 1.82) is 0 Å². The quantitative estimate of drug-likeness (QED) is 0.736. The minimum atomic E-state index is 0.705. The fourth-order valence-corrected chi connectivity index (χ4v) is 3.64. The Morgan fingerprint density at radius 2 is 1.84 bits per heavy atom. The second-order valence-electron chi connectivity index (χ2n) is 6.39. The molecule has 3 aromatic rings. The van der Waals surface area contributed by atoms with Crippen LogP contribution in [-0.4, -0.2) is 61.9 Å². The van der Waals surface area contributed by atoms with E-state index in [0.29, 0.717) is 11.5 Å². The highest BCUT2D eigenvalue weighted by Gasteiger charge is 2.23. The second-order valence-corrected chi connectivity index (χ2v) is 6.39.